The molecule has 12 heteroatoms. The first-order chi connectivity index (χ1) is 19.8. The molecule has 0 saturated carbocycles. The number of piperazine rings is 1. The summed E-state index contributed by atoms with van der Waals surface area (Å²) in [5.74, 6) is 0.682. The maximum Gasteiger partial charge on any atom is 0.418 e. The van der Waals surface area contributed by atoms with E-state index in [2.05, 4.69) is 31.1 Å². The van der Waals surface area contributed by atoms with Crippen molar-refractivity contribution >= 4 is 28.8 Å². The molecule has 1 amide bonds. The van der Waals surface area contributed by atoms with Crippen molar-refractivity contribution in [2.24, 2.45) is 0 Å². The van der Waals surface area contributed by atoms with Gasteiger partial charge in [0.15, 0.2) is 5.82 Å². The molecule has 2 aromatic heterocycles. The van der Waals surface area contributed by atoms with Gasteiger partial charge in [-0.3, -0.25) is 9.89 Å². The number of hydrogen-bond donors (Lipinski definition) is 4. The number of anilines is 4. The van der Waals surface area contributed by atoms with Crippen molar-refractivity contribution in [1.29, 1.82) is 0 Å². The Morgan fingerprint density at radius 1 is 1.02 bits per heavy atom. The van der Waals surface area contributed by atoms with E-state index in [1.165, 1.54) is 12.1 Å². The number of carbonyl (C=O) groups excluding carboxylic acids is 1. The molecule has 3 heterocycles. The van der Waals surface area contributed by atoms with Crippen LogP contribution in [0, 0.1) is 0 Å². The van der Waals surface area contributed by atoms with Gasteiger partial charge >= 0.3 is 6.18 Å². The number of carbonyl (C=O) groups is 1. The second-order valence-electron chi connectivity index (χ2n) is 9.61. The highest BCUT2D eigenvalue weighted by atomic mass is 19.4. The molecule has 4 N–H and O–H groups in total. The first-order valence-corrected chi connectivity index (χ1v) is 13.2. The van der Waals surface area contributed by atoms with Crippen LogP contribution in [0.15, 0.2) is 66.9 Å². The number of aryl methyl sites for hydroxylation is 2. The Balaban J connectivity index is 1.21. The van der Waals surface area contributed by atoms with Crippen molar-refractivity contribution in [2.45, 2.75) is 19.0 Å². The standard InChI is InChI=1S/C29H30F3N7O2/c1-41-27-10-8-23(18-34-27)35-26-17-22(37-38-26)6-5-19-3-2-4-20(15-19)28(40)36-21-7-9-25(24(16-21)29(30,31)32)39-13-11-33-12-14-39/h2-4,7-10,15-18,33H,5-6,11-14H2,1H3,(H,36,40)(H2,35,37,38). The molecule has 4 aromatic rings. The lowest BCUT2D eigenvalue weighted by Gasteiger charge is -2.31. The van der Waals surface area contributed by atoms with Crippen molar-refractivity contribution in [3.63, 3.8) is 0 Å². The van der Waals surface area contributed by atoms with Gasteiger partial charge in [0.2, 0.25) is 5.88 Å². The number of aromatic nitrogens is 3. The SMILES string of the molecule is COc1ccc(Nc2cc(CCc3cccc(C(=O)Nc4ccc(N5CCNCC5)c(C(F)(F)F)c4)c3)[nH]n2)cn1. The largest absolute Gasteiger partial charge is 0.481 e. The lowest BCUT2D eigenvalue weighted by atomic mass is 10.0. The molecule has 0 radical (unpaired) electrons. The molecule has 0 spiro atoms. The van der Waals surface area contributed by atoms with Gasteiger partial charge in [-0.15, -0.1) is 0 Å². The predicted molar refractivity (Wildman–Crippen MR) is 151 cm³/mol. The fraction of sp³-hybridized carbons (Fsp3) is 0.276. The van der Waals surface area contributed by atoms with Crippen LogP contribution < -0.4 is 25.6 Å². The van der Waals surface area contributed by atoms with Crippen LogP contribution in [0.25, 0.3) is 0 Å². The number of rotatable bonds is 9. The number of nitrogens with zero attached hydrogens (tertiary/aromatic N) is 3. The number of alkyl halides is 3. The smallest absolute Gasteiger partial charge is 0.418 e. The lowest BCUT2D eigenvalue weighted by molar-refractivity contribution is -0.137. The van der Waals surface area contributed by atoms with Gasteiger partial charge in [0.1, 0.15) is 0 Å². The minimum Gasteiger partial charge on any atom is -0.481 e. The summed E-state index contributed by atoms with van der Waals surface area (Å²) in [6.07, 6.45) is -1.63. The number of pyridine rings is 1. The molecule has 214 valence electrons. The molecule has 0 unspecified atom stereocenters. The maximum absolute atomic E-state index is 13.9. The minimum absolute atomic E-state index is 0.0937. The summed E-state index contributed by atoms with van der Waals surface area (Å²) < 4.78 is 46.7. The Kier molecular flexibility index (Phi) is 8.39. The monoisotopic (exact) mass is 565 g/mol. The number of methoxy groups -OCH3 is 1. The molecule has 1 saturated heterocycles. The van der Waals surface area contributed by atoms with Gasteiger partial charge in [-0.25, -0.2) is 4.98 Å². The normalized spacial score (nSPS) is 13.6. The van der Waals surface area contributed by atoms with Gasteiger partial charge in [0.05, 0.1) is 24.6 Å². The summed E-state index contributed by atoms with van der Waals surface area (Å²) >= 11 is 0. The predicted octanol–water partition coefficient (Wildman–Crippen LogP) is 5.02. The molecule has 1 fully saturated rings. The Morgan fingerprint density at radius 2 is 1.83 bits per heavy atom. The molecule has 0 aliphatic carbocycles. The van der Waals surface area contributed by atoms with Crippen LogP contribution in [0.3, 0.4) is 0 Å². The van der Waals surface area contributed by atoms with Gasteiger partial charge in [0, 0.05) is 60.9 Å². The third-order valence-electron chi connectivity index (χ3n) is 6.74. The van der Waals surface area contributed by atoms with Gasteiger partial charge in [-0.2, -0.15) is 18.3 Å². The van der Waals surface area contributed by atoms with Crippen molar-refractivity contribution in [3.05, 3.63) is 89.2 Å². The molecule has 1 aliphatic heterocycles. The first-order valence-electron chi connectivity index (χ1n) is 13.2. The molecular weight excluding hydrogens is 535 g/mol. The first kappa shape index (κ1) is 28.0. The highest BCUT2D eigenvalue weighted by Crippen LogP contribution is 2.38. The number of benzene rings is 2. The third-order valence-corrected chi connectivity index (χ3v) is 6.74. The van der Waals surface area contributed by atoms with Crippen LogP contribution >= 0.6 is 0 Å². The summed E-state index contributed by atoms with van der Waals surface area (Å²) in [4.78, 5) is 18.8. The highest BCUT2D eigenvalue weighted by Gasteiger charge is 2.35. The van der Waals surface area contributed by atoms with E-state index in [0.717, 1.165) is 23.0 Å². The van der Waals surface area contributed by atoms with Crippen molar-refractivity contribution < 1.29 is 22.7 Å². The lowest BCUT2D eigenvalue weighted by Crippen LogP contribution is -2.44. The van der Waals surface area contributed by atoms with Gasteiger partial charge in [-0.05, 0) is 54.8 Å². The van der Waals surface area contributed by atoms with E-state index in [4.69, 9.17) is 4.74 Å². The molecule has 41 heavy (non-hydrogen) atoms. The van der Waals surface area contributed by atoms with Crippen LogP contribution in [-0.4, -0.2) is 54.4 Å². The van der Waals surface area contributed by atoms with Crippen LogP contribution in [0.5, 0.6) is 5.88 Å². The van der Waals surface area contributed by atoms with E-state index in [1.54, 1.807) is 42.5 Å². The summed E-state index contributed by atoms with van der Waals surface area (Å²) in [6.45, 7) is 2.20. The summed E-state index contributed by atoms with van der Waals surface area (Å²) in [7, 11) is 1.55. The number of H-pyrrole nitrogens is 1. The number of amides is 1. The average Bonchev–Trinajstić information content (AvgIpc) is 3.44. The van der Waals surface area contributed by atoms with Crippen molar-refractivity contribution in [2.75, 3.05) is 48.8 Å². The van der Waals surface area contributed by atoms with E-state index in [1.807, 2.05) is 18.2 Å². The summed E-state index contributed by atoms with van der Waals surface area (Å²) in [6, 6.07) is 16.5. The van der Waals surface area contributed by atoms with Crippen LogP contribution in [0.1, 0.15) is 27.2 Å². The second-order valence-corrected chi connectivity index (χ2v) is 9.61. The van der Waals surface area contributed by atoms with E-state index < -0.39 is 17.6 Å². The number of halogens is 3. The number of hydrogen-bond acceptors (Lipinski definition) is 7. The van der Waals surface area contributed by atoms with Crippen LogP contribution in [0.2, 0.25) is 0 Å². The quantitative estimate of drug-likeness (QED) is 0.226. The summed E-state index contributed by atoms with van der Waals surface area (Å²) in [5, 5.41) is 16.2. The fourth-order valence-corrected chi connectivity index (χ4v) is 4.65. The zero-order chi connectivity index (χ0) is 28.8. The Bertz CT molecular complexity index is 1480. The molecule has 9 nitrogen and oxygen atoms in total. The molecule has 5 rings (SSSR count). The van der Waals surface area contributed by atoms with E-state index in [0.29, 0.717) is 56.3 Å². The number of ether oxygens (including phenoxy) is 1. The number of nitrogens with one attached hydrogen (secondary N) is 4. The molecule has 0 atom stereocenters. The van der Waals surface area contributed by atoms with Gasteiger partial charge in [0.25, 0.3) is 5.91 Å². The molecular formula is C29H30F3N7O2. The van der Waals surface area contributed by atoms with Gasteiger partial charge < -0.3 is 25.6 Å². The third kappa shape index (κ3) is 7.14. The van der Waals surface area contributed by atoms with E-state index in [-0.39, 0.29) is 11.4 Å². The van der Waals surface area contributed by atoms with Crippen molar-refractivity contribution in [3.8, 4) is 5.88 Å². The Labute approximate surface area is 235 Å². The second kappa shape index (κ2) is 12.3. The zero-order valence-corrected chi connectivity index (χ0v) is 22.4. The minimum atomic E-state index is -4.55. The molecule has 2 aromatic carbocycles. The topological polar surface area (TPSA) is 107 Å². The van der Waals surface area contributed by atoms with Crippen LogP contribution in [0.4, 0.5) is 36.1 Å². The maximum atomic E-state index is 13.9. The highest BCUT2D eigenvalue weighted by molar-refractivity contribution is 6.04. The molecule has 0 bridgehead atoms. The van der Waals surface area contributed by atoms with Gasteiger partial charge in [-0.1, -0.05) is 12.1 Å². The zero-order valence-electron chi connectivity index (χ0n) is 22.4. The van der Waals surface area contributed by atoms with Crippen molar-refractivity contribution in [1.82, 2.24) is 20.5 Å². The van der Waals surface area contributed by atoms with E-state index in [9.17, 15) is 18.0 Å². The molecule has 1 aliphatic rings. The Morgan fingerprint density at radius 3 is 2.56 bits per heavy atom. The fourth-order valence-electron chi connectivity index (χ4n) is 4.65. The average molecular weight is 566 g/mol. The Hall–Kier alpha value is -4.58. The summed E-state index contributed by atoms with van der Waals surface area (Å²) in [5.41, 5.74) is 2.39. The van der Waals surface area contributed by atoms with E-state index >= 15 is 0 Å². The number of aromatic amines is 1. The van der Waals surface area contributed by atoms with Crippen LogP contribution in [-0.2, 0) is 19.0 Å².